The second kappa shape index (κ2) is 6.84. The Hall–Kier alpha value is -2.93. The standard InChI is InChI=1S/C22H25N5O2/c1-16-14-18(24-29-16)20(28)26-10-8-22(9-11-26)21-23-15-19(17-6-4-3-5-7-17)27(21)13-12-25(22)2/h3-7,14-15H,8-13H2,1-2H3. The predicted octanol–water partition coefficient (Wildman–Crippen LogP) is 2.92. The number of carbonyl (C=O) groups is 1. The minimum absolute atomic E-state index is 0.0523. The first-order valence-electron chi connectivity index (χ1n) is 10.1. The van der Waals surface area contributed by atoms with E-state index in [0.717, 1.165) is 31.8 Å². The van der Waals surface area contributed by atoms with E-state index >= 15 is 0 Å². The number of piperidine rings is 1. The number of carbonyl (C=O) groups excluding carboxylic acids is 1. The van der Waals surface area contributed by atoms with Crippen molar-refractivity contribution in [2.75, 3.05) is 26.7 Å². The van der Waals surface area contributed by atoms with E-state index < -0.39 is 0 Å². The summed E-state index contributed by atoms with van der Waals surface area (Å²) in [5.41, 5.74) is 2.62. The molecule has 0 unspecified atom stereocenters. The quantitative estimate of drug-likeness (QED) is 0.672. The van der Waals surface area contributed by atoms with Gasteiger partial charge in [0.15, 0.2) is 5.69 Å². The highest BCUT2D eigenvalue weighted by atomic mass is 16.5. The van der Waals surface area contributed by atoms with Crippen molar-refractivity contribution in [1.82, 2.24) is 24.5 Å². The van der Waals surface area contributed by atoms with Gasteiger partial charge in [0.05, 0.1) is 17.4 Å². The van der Waals surface area contributed by atoms with Crippen LogP contribution in [0.4, 0.5) is 0 Å². The van der Waals surface area contributed by atoms with Gasteiger partial charge in [-0.25, -0.2) is 4.98 Å². The first-order valence-corrected chi connectivity index (χ1v) is 10.1. The van der Waals surface area contributed by atoms with Gasteiger partial charge in [0.1, 0.15) is 11.6 Å². The van der Waals surface area contributed by atoms with Gasteiger partial charge in [-0.1, -0.05) is 35.5 Å². The highest BCUT2D eigenvalue weighted by Crippen LogP contribution is 2.41. The number of aromatic nitrogens is 3. The fourth-order valence-electron chi connectivity index (χ4n) is 4.76. The molecule has 0 saturated carbocycles. The zero-order valence-electron chi connectivity index (χ0n) is 16.8. The molecule has 1 fully saturated rings. The minimum Gasteiger partial charge on any atom is -0.361 e. The molecule has 5 rings (SSSR count). The Morgan fingerprint density at radius 1 is 1.10 bits per heavy atom. The van der Waals surface area contributed by atoms with Crippen LogP contribution in [0.25, 0.3) is 11.3 Å². The van der Waals surface area contributed by atoms with Crippen molar-refractivity contribution < 1.29 is 9.32 Å². The van der Waals surface area contributed by atoms with Gasteiger partial charge in [0.25, 0.3) is 5.91 Å². The molecule has 1 aromatic carbocycles. The van der Waals surface area contributed by atoms with Crippen molar-refractivity contribution in [3.63, 3.8) is 0 Å². The van der Waals surface area contributed by atoms with E-state index in [1.54, 1.807) is 13.0 Å². The molecule has 7 heteroatoms. The molecule has 1 amide bonds. The Bertz CT molecular complexity index is 1030. The number of hydrogen-bond donors (Lipinski definition) is 0. The molecule has 0 bridgehead atoms. The number of likely N-dealkylation sites (tertiary alicyclic amines) is 1. The molecule has 3 aromatic rings. The monoisotopic (exact) mass is 391 g/mol. The summed E-state index contributed by atoms with van der Waals surface area (Å²) in [6.07, 6.45) is 3.72. The van der Waals surface area contributed by atoms with Crippen LogP contribution in [0.5, 0.6) is 0 Å². The molecule has 7 nitrogen and oxygen atoms in total. The Kier molecular flexibility index (Phi) is 4.28. The third kappa shape index (κ3) is 2.88. The Labute approximate surface area is 169 Å². The number of fused-ring (bicyclic) bond motifs is 2. The minimum atomic E-state index is -0.137. The molecule has 0 radical (unpaired) electrons. The largest absolute Gasteiger partial charge is 0.361 e. The fraction of sp³-hybridized carbons (Fsp3) is 0.409. The molecule has 1 saturated heterocycles. The molecule has 0 N–H and O–H groups in total. The molecule has 1 spiro atoms. The van der Waals surface area contributed by atoms with Crippen molar-refractivity contribution in [2.45, 2.75) is 31.8 Å². The highest BCUT2D eigenvalue weighted by molar-refractivity contribution is 5.92. The summed E-state index contributed by atoms with van der Waals surface area (Å²) in [6, 6.07) is 12.1. The van der Waals surface area contributed by atoms with Crippen molar-refractivity contribution in [3.8, 4) is 11.3 Å². The summed E-state index contributed by atoms with van der Waals surface area (Å²) in [4.78, 5) is 22.0. The SMILES string of the molecule is Cc1cc(C(=O)N2CCC3(CC2)c2ncc(-c4ccccc4)n2CCN3C)no1. The summed E-state index contributed by atoms with van der Waals surface area (Å²) in [6.45, 7) is 5.07. The lowest BCUT2D eigenvalue weighted by atomic mass is 9.83. The number of imidazole rings is 1. The second-order valence-corrected chi connectivity index (χ2v) is 8.05. The van der Waals surface area contributed by atoms with Crippen molar-refractivity contribution >= 4 is 5.91 Å². The van der Waals surface area contributed by atoms with E-state index in [1.807, 2.05) is 17.2 Å². The summed E-state index contributed by atoms with van der Waals surface area (Å²) in [5.74, 6) is 1.72. The molecule has 0 atom stereocenters. The molecular formula is C22H25N5O2. The van der Waals surface area contributed by atoms with Gasteiger partial charge in [-0.3, -0.25) is 9.69 Å². The molecular weight excluding hydrogens is 366 g/mol. The summed E-state index contributed by atoms with van der Waals surface area (Å²) in [7, 11) is 2.18. The van der Waals surface area contributed by atoms with Crippen LogP contribution >= 0.6 is 0 Å². The molecule has 0 aliphatic carbocycles. The number of aryl methyl sites for hydroxylation is 1. The van der Waals surface area contributed by atoms with Crippen LogP contribution in [0, 0.1) is 6.92 Å². The number of rotatable bonds is 2. The van der Waals surface area contributed by atoms with E-state index in [2.05, 4.69) is 45.9 Å². The molecule has 150 valence electrons. The lowest BCUT2D eigenvalue weighted by Gasteiger charge is -2.49. The molecule has 2 aliphatic heterocycles. The first kappa shape index (κ1) is 18.1. The van der Waals surface area contributed by atoms with E-state index in [-0.39, 0.29) is 11.4 Å². The second-order valence-electron chi connectivity index (χ2n) is 8.05. The Balaban J connectivity index is 1.42. The smallest absolute Gasteiger partial charge is 0.276 e. The highest BCUT2D eigenvalue weighted by Gasteiger charge is 2.46. The number of amides is 1. The Morgan fingerprint density at radius 2 is 1.86 bits per heavy atom. The first-order chi connectivity index (χ1) is 14.1. The molecule has 2 aliphatic rings. The van der Waals surface area contributed by atoms with Gasteiger partial charge < -0.3 is 14.0 Å². The van der Waals surface area contributed by atoms with Crippen LogP contribution in [0.2, 0.25) is 0 Å². The van der Waals surface area contributed by atoms with Gasteiger partial charge in [-0.2, -0.15) is 0 Å². The Morgan fingerprint density at radius 3 is 2.55 bits per heavy atom. The van der Waals surface area contributed by atoms with Crippen molar-refractivity contribution in [2.24, 2.45) is 0 Å². The molecule has 29 heavy (non-hydrogen) atoms. The van der Waals surface area contributed by atoms with Crippen LogP contribution < -0.4 is 0 Å². The van der Waals surface area contributed by atoms with Crippen molar-refractivity contribution in [3.05, 3.63) is 59.9 Å². The van der Waals surface area contributed by atoms with E-state index in [0.29, 0.717) is 24.5 Å². The van der Waals surface area contributed by atoms with Crippen LogP contribution in [0.3, 0.4) is 0 Å². The number of nitrogens with zero attached hydrogens (tertiary/aromatic N) is 5. The normalized spacial score (nSPS) is 18.8. The van der Waals surface area contributed by atoms with Crippen LogP contribution in [0.15, 0.2) is 47.1 Å². The van der Waals surface area contributed by atoms with Crippen LogP contribution in [0.1, 0.15) is 34.9 Å². The van der Waals surface area contributed by atoms with Crippen molar-refractivity contribution in [1.29, 1.82) is 0 Å². The van der Waals surface area contributed by atoms with Gasteiger partial charge in [0, 0.05) is 32.2 Å². The van der Waals surface area contributed by atoms with Crippen LogP contribution in [-0.4, -0.2) is 57.1 Å². The lowest BCUT2D eigenvalue weighted by molar-refractivity contribution is 0.00979. The summed E-state index contributed by atoms with van der Waals surface area (Å²) < 4.78 is 7.44. The number of benzene rings is 1. The van der Waals surface area contributed by atoms with E-state index in [4.69, 9.17) is 9.51 Å². The van der Waals surface area contributed by atoms with E-state index in [1.165, 1.54) is 11.3 Å². The zero-order valence-corrected chi connectivity index (χ0v) is 16.8. The maximum absolute atomic E-state index is 12.8. The third-order valence-corrected chi connectivity index (χ3v) is 6.46. The number of hydrogen-bond acceptors (Lipinski definition) is 5. The third-order valence-electron chi connectivity index (χ3n) is 6.46. The topological polar surface area (TPSA) is 67.4 Å². The van der Waals surface area contributed by atoms with Gasteiger partial charge in [0.2, 0.25) is 0 Å². The summed E-state index contributed by atoms with van der Waals surface area (Å²) >= 11 is 0. The maximum atomic E-state index is 12.8. The molecule has 2 aromatic heterocycles. The zero-order chi connectivity index (χ0) is 20.0. The average Bonchev–Trinajstić information content (AvgIpc) is 3.38. The van der Waals surface area contributed by atoms with Gasteiger partial charge in [-0.15, -0.1) is 0 Å². The summed E-state index contributed by atoms with van der Waals surface area (Å²) in [5, 5.41) is 3.89. The average molecular weight is 391 g/mol. The van der Waals surface area contributed by atoms with Crippen LogP contribution in [-0.2, 0) is 12.1 Å². The predicted molar refractivity (Wildman–Crippen MR) is 108 cm³/mol. The van der Waals surface area contributed by atoms with E-state index in [9.17, 15) is 4.79 Å². The van der Waals surface area contributed by atoms with Gasteiger partial charge >= 0.3 is 0 Å². The molecule has 4 heterocycles. The fourth-order valence-corrected chi connectivity index (χ4v) is 4.76. The lowest BCUT2D eigenvalue weighted by Crippen LogP contribution is -2.57. The maximum Gasteiger partial charge on any atom is 0.276 e. The number of likely N-dealkylation sites (N-methyl/N-ethyl adjacent to an activating group) is 1. The van der Waals surface area contributed by atoms with Gasteiger partial charge in [-0.05, 0) is 32.4 Å².